The molecular formula is C21H22ClF4N7O2. The largest absolute Gasteiger partial charge is 0.419 e. The summed E-state index contributed by atoms with van der Waals surface area (Å²) < 4.78 is 52.8. The number of piperazine rings is 1. The van der Waals surface area contributed by atoms with Crippen molar-refractivity contribution in [2.45, 2.75) is 19.1 Å². The molecule has 9 nitrogen and oxygen atoms in total. The molecule has 1 atom stereocenters. The number of urea groups is 1. The number of anilines is 3. The molecule has 1 aliphatic rings. The van der Waals surface area contributed by atoms with Gasteiger partial charge in [0.1, 0.15) is 5.82 Å². The number of H-pyrrole nitrogens is 1. The minimum atomic E-state index is -4.95. The van der Waals surface area contributed by atoms with Crippen molar-refractivity contribution in [3.63, 3.8) is 0 Å². The highest BCUT2D eigenvalue weighted by Crippen LogP contribution is 2.37. The topological polar surface area (TPSA) is 97.5 Å². The minimum Gasteiger partial charge on any atom is -0.364 e. The maximum absolute atomic E-state index is 13.6. The predicted molar refractivity (Wildman–Crippen MR) is 124 cm³/mol. The fourth-order valence-electron chi connectivity index (χ4n) is 4.04. The molecule has 3 aromatic rings. The van der Waals surface area contributed by atoms with Gasteiger partial charge in [-0.05, 0) is 32.2 Å². The van der Waals surface area contributed by atoms with E-state index in [0.29, 0.717) is 35.4 Å². The third-order valence-corrected chi connectivity index (χ3v) is 5.66. The zero-order chi connectivity index (χ0) is 24.6. The molecule has 0 bridgehead atoms. The molecular weight excluding hydrogens is 494 g/mol. The molecule has 0 radical (unpaired) electrons. The fourth-order valence-corrected chi connectivity index (χ4v) is 4.04. The maximum atomic E-state index is 13.6. The van der Waals surface area contributed by atoms with Crippen molar-refractivity contribution in [3.8, 4) is 0 Å². The number of likely N-dealkylation sites (N-methyl/N-ethyl adjacent to an activating group) is 1. The first-order valence-electron chi connectivity index (χ1n) is 10.3. The highest BCUT2D eigenvalue weighted by atomic mass is 35.5. The molecule has 3 amide bonds. The predicted octanol–water partition coefficient (Wildman–Crippen LogP) is 3.87. The zero-order valence-electron chi connectivity index (χ0n) is 18.6. The number of alkyl halides is 3. The van der Waals surface area contributed by atoms with Crippen LogP contribution in [0.2, 0.25) is 0 Å². The van der Waals surface area contributed by atoms with Crippen LogP contribution >= 0.6 is 12.4 Å². The second-order valence-corrected chi connectivity index (χ2v) is 8.03. The van der Waals surface area contributed by atoms with Crippen molar-refractivity contribution >= 4 is 52.9 Å². The first-order valence-corrected chi connectivity index (χ1v) is 10.3. The number of aromatic nitrogens is 3. The van der Waals surface area contributed by atoms with Crippen LogP contribution in [0.5, 0.6) is 0 Å². The fraction of sp³-hybridized carbons (Fsp3) is 0.333. The van der Waals surface area contributed by atoms with Gasteiger partial charge >= 0.3 is 12.2 Å². The van der Waals surface area contributed by atoms with Crippen LogP contribution in [-0.2, 0) is 11.0 Å². The van der Waals surface area contributed by atoms with E-state index in [1.165, 1.54) is 12.4 Å². The van der Waals surface area contributed by atoms with Gasteiger partial charge in [0.25, 0.3) is 0 Å². The highest BCUT2D eigenvalue weighted by molar-refractivity contribution is 6.16. The van der Waals surface area contributed by atoms with Crippen molar-refractivity contribution in [1.29, 1.82) is 0 Å². The normalized spacial score (nSPS) is 16.6. The van der Waals surface area contributed by atoms with E-state index in [-0.39, 0.29) is 36.2 Å². The first kappa shape index (κ1) is 26.2. The van der Waals surface area contributed by atoms with Crippen LogP contribution in [0.3, 0.4) is 0 Å². The van der Waals surface area contributed by atoms with E-state index in [9.17, 15) is 27.2 Å². The zero-order valence-corrected chi connectivity index (χ0v) is 19.5. The van der Waals surface area contributed by atoms with E-state index in [2.05, 4.69) is 25.4 Å². The summed E-state index contributed by atoms with van der Waals surface area (Å²) in [7, 11) is 1.98. The van der Waals surface area contributed by atoms with Crippen LogP contribution < -0.4 is 15.1 Å². The smallest absolute Gasteiger partial charge is 0.364 e. The van der Waals surface area contributed by atoms with Gasteiger partial charge in [0.05, 0.1) is 34.7 Å². The van der Waals surface area contributed by atoms with E-state index in [4.69, 9.17) is 0 Å². The number of carbonyl (C=O) groups is 2. The number of hydrogen-bond acceptors (Lipinski definition) is 6. The van der Waals surface area contributed by atoms with E-state index in [0.717, 1.165) is 24.1 Å². The van der Waals surface area contributed by atoms with Gasteiger partial charge in [-0.15, -0.1) is 12.4 Å². The number of aromatic amines is 1. The molecule has 4 rings (SSSR count). The van der Waals surface area contributed by atoms with Crippen LogP contribution in [-0.4, -0.2) is 65.2 Å². The molecule has 0 saturated carbocycles. The SMILES string of the molecule is CC1CN(C)CCN1c1c(N(C=O)C(=O)Nc2ccc(F)c(C(F)(F)F)c2)cnc2[nH]ncc12.Cl. The Morgan fingerprint density at radius 2 is 2.03 bits per heavy atom. The van der Waals surface area contributed by atoms with Crippen LogP contribution in [0.1, 0.15) is 12.5 Å². The van der Waals surface area contributed by atoms with E-state index in [1.807, 2.05) is 18.9 Å². The second kappa shape index (κ2) is 10.0. The maximum Gasteiger partial charge on any atom is 0.419 e. The van der Waals surface area contributed by atoms with Crippen LogP contribution in [0.15, 0.2) is 30.6 Å². The van der Waals surface area contributed by atoms with Gasteiger partial charge in [-0.25, -0.2) is 19.1 Å². The standard InChI is InChI=1S/C21H21F4N7O2.ClH/c1-12-10-30(2)5-6-31(12)18-14-8-27-29-19(14)26-9-17(18)32(11-33)20(34)28-13-3-4-16(22)15(7-13)21(23,24)25;/h3-4,7-9,11-12H,5-6,10H2,1-2H3,(H,28,34)(H,26,27,29);1H. The van der Waals surface area contributed by atoms with Crippen molar-refractivity contribution in [1.82, 2.24) is 20.1 Å². The Bertz CT molecular complexity index is 1240. The minimum absolute atomic E-state index is 0. The molecule has 2 N–H and O–H groups in total. The molecule has 0 spiro atoms. The quantitative estimate of drug-likeness (QED) is 0.404. The van der Waals surface area contributed by atoms with Crippen molar-refractivity contribution < 1.29 is 27.2 Å². The van der Waals surface area contributed by atoms with E-state index < -0.39 is 23.6 Å². The summed E-state index contributed by atoms with van der Waals surface area (Å²) in [6.45, 7) is 4.04. The lowest BCUT2D eigenvalue weighted by Crippen LogP contribution is -2.51. The van der Waals surface area contributed by atoms with Crippen LogP contribution in [0.25, 0.3) is 11.0 Å². The van der Waals surface area contributed by atoms with Gasteiger partial charge < -0.3 is 15.1 Å². The number of pyridine rings is 1. The number of nitrogens with zero attached hydrogens (tertiary/aromatic N) is 5. The number of carbonyl (C=O) groups excluding carboxylic acids is 2. The molecule has 1 aromatic carbocycles. The molecule has 35 heavy (non-hydrogen) atoms. The lowest BCUT2D eigenvalue weighted by molar-refractivity contribution is -0.139. The van der Waals surface area contributed by atoms with E-state index in [1.54, 1.807) is 0 Å². The number of amides is 3. The lowest BCUT2D eigenvalue weighted by Gasteiger charge is -2.41. The number of halogens is 5. The average molecular weight is 516 g/mol. The summed E-state index contributed by atoms with van der Waals surface area (Å²) in [5.41, 5.74) is -0.731. The third kappa shape index (κ3) is 5.15. The molecule has 0 aliphatic carbocycles. The number of imide groups is 1. The molecule has 1 fully saturated rings. The van der Waals surface area contributed by atoms with Crippen LogP contribution in [0, 0.1) is 5.82 Å². The van der Waals surface area contributed by atoms with Gasteiger partial charge in [-0.1, -0.05) is 0 Å². The number of hydrogen-bond donors (Lipinski definition) is 2. The Morgan fingerprint density at radius 1 is 1.29 bits per heavy atom. The Labute approximate surface area is 203 Å². The van der Waals surface area contributed by atoms with Crippen LogP contribution in [0.4, 0.5) is 39.4 Å². The summed E-state index contributed by atoms with van der Waals surface area (Å²) in [6, 6.07) is 1.03. The highest BCUT2D eigenvalue weighted by Gasteiger charge is 2.35. The Kier molecular flexibility index (Phi) is 7.50. The summed E-state index contributed by atoms with van der Waals surface area (Å²) in [5.74, 6) is -1.47. The van der Waals surface area contributed by atoms with Gasteiger partial charge in [0.2, 0.25) is 6.41 Å². The van der Waals surface area contributed by atoms with E-state index >= 15 is 0 Å². The number of fused-ring (bicyclic) bond motifs is 1. The van der Waals surface area contributed by atoms with Gasteiger partial charge in [0.15, 0.2) is 5.65 Å². The van der Waals surface area contributed by atoms with Gasteiger partial charge in [-0.3, -0.25) is 9.89 Å². The molecule has 2 aromatic heterocycles. The first-order chi connectivity index (χ1) is 16.1. The molecule has 14 heteroatoms. The Morgan fingerprint density at radius 3 is 2.69 bits per heavy atom. The summed E-state index contributed by atoms with van der Waals surface area (Å²) in [5, 5.41) is 9.57. The van der Waals surface area contributed by atoms with Gasteiger partial charge in [-0.2, -0.15) is 18.3 Å². The van der Waals surface area contributed by atoms with Crippen molar-refractivity contribution in [2.75, 3.05) is 41.8 Å². The number of rotatable bonds is 4. The molecule has 1 unspecified atom stereocenters. The monoisotopic (exact) mass is 515 g/mol. The number of nitrogens with one attached hydrogen (secondary N) is 2. The molecule has 1 aliphatic heterocycles. The summed E-state index contributed by atoms with van der Waals surface area (Å²) in [4.78, 5) is 34.1. The van der Waals surface area contributed by atoms with Gasteiger partial charge in [0, 0.05) is 31.4 Å². The second-order valence-electron chi connectivity index (χ2n) is 8.03. The Hall–Kier alpha value is -3.45. The van der Waals surface area contributed by atoms with Crippen molar-refractivity contribution in [2.24, 2.45) is 0 Å². The molecule has 1 saturated heterocycles. The third-order valence-electron chi connectivity index (χ3n) is 5.66. The summed E-state index contributed by atoms with van der Waals surface area (Å²) in [6.07, 6.45) is -1.85. The number of benzene rings is 1. The Balaban J connectivity index is 0.00000342. The lowest BCUT2D eigenvalue weighted by atomic mass is 10.1. The average Bonchev–Trinajstić information content (AvgIpc) is 3.24. The summed E-state index contributed by atoms with van der Waals surface area (Å²) >= 11 is 0. The molecule has 188 valence electrons. The molecule has 3 heterocycles. The van der Waals surface area contributed by atoms with Crippen molar-refractivity contribution in [3.05, 3.63) is 42.0 Å².